The fraction of sp³-hybridized carbons (Fsp3) is 0.583. The summed E-state index contributed by atoms with van der Waals surface area (Å²) in [6.07, 6.45) is 1.86. The molecule has 1 aromatic rings. The number of aliphatic carboxylic acids is 1. The van der Waals surface area contributed by atoms with Gasteiger partial charge in [-0.15, -0.1) is 11.3 Å². The minimum absolute atomic E-state index is 0.320. The first-order valence-corrected chi connectivity index (χ1v) is 7.43. The standard InChI is InChI=1S/C12H16BrNO2S/c1-8-2-3-14(11(4-8)12(15)16)6-10-5-9(13)7-17-10/h5,7-8,11H,2-4,6H2,1H3,(H,15,16). The van der Waals surface area contributed by atoms with Crippen LogP contribution in [-0.4, -0.2) is 28.6 Å². The number of carbonyl (C=O) groups is 1. The fourth-order valence-corrected chi connectivity index (χ4v) is 3.75. The smallest absolute Gasteiger partial charge is 0.320 e. The van der Waals surface area contributed by atoms with Gasteiger partial charge >= 0.3 is 5.97 Å². The normalized spacial score (nSPS) is 26.0. The van der Waals surface area contributed by atoms with Crippen molar-refractivity contribution in [3.63, 3.8) is 0 Å². The molecule has 5 heteroatoms. The van der Waals surface area contributed by atoms with E-state index in [0.29, 0.717) is 5.92 Å². The number of carboxylic acids is 1. The van der Waals surface area contributed by atoms with Gasteiger partial charge in [0.2, 0.25) is 0 Å². The number of halogens is 1. The van der Waals surface area contributed by atoms with E-state index in [1.807, 2.05) is 5.38 Å². The second-order valence-corrected chi connectivity index (χ2v) is 6.60. The zero-order chi connectivity index (χ0) is 12.4. The van der Waals surface area contributed by atoms with Gasteiger partial charge < -0.3 is 5.11 Å². The molecule has 1 fully saturated rings. The lowest BCUT2D eigenvalue weighted by Gasteiger charge is -2.35. The van der Waals surface area contributed by atoms with E-state index in [2.05, 4.69) is 33.8 Å². The first-order valence-electron chi connectivity index (χ1n) is 5.76. The summed E-state index contributed by atoms with van der Waals surface area (Å²) in [5, 5.41) is 11.3. The predicted molar refractivity (Wildman–Crippen MR) is 72.3 cm³/mol. The molecule has 0 bridgehead atoms. The summed E-state index contributed by atoms with van der Waals surface area (Å²) >= 11 is 5.10. The average molecular weight is 318 g/mol. The summed E-state index contributed by atoms with van der Waals surface area (Å²) in [7, 11) is 0. The summed E-state index contributed by atoms with van der Waals surface area (Å²) in [6, 6.07) is 1.75. The highest BCUT2D eigenvalue weighted by atomic mass is 79.9. The molecule has 0 radical (unpaired) electrons. The highest BCUT2D eigenvalue weighted by Crippen LogP contribution is 2.27. The van der Waals surface area contributed by atoms with Crippen molar-refractivity contribution in [3.8, 4) is 0 Å². The second kappa shape index (κ2) is 5.50. The van der Waals surface area contributed by atoms with Crippen LogP contribution in [0.1, 0.15) is 24.6 Å². The van der Waals surface area contributed by atoms with Crippen LogP contribution in [0.4, 0.5) is 0 Å². The number of piperidine rings is 1. The van der Waals surface area contributed by atoms with Crippen LogP contribution in [0.15, 0.2) is 15.9 Å². The monoisotopic (exact) mass is 317 g/mol. The first kappa shape index (κ1) is 13.1. The van der Waals surface area contributed by atoms with E-state index in [1.165, 1.54) is 4.88 Å². The van der Waals surface area contributed by atoms with Crippen LogP contribution in [0.2, 0.25) is 0 Å². The van der Waals surface area contributed by atoms with Gasteiger partial charge in [0.1, 0.15) is 6.04 Å². The predicted octanol–water partition coefficient (Wildman–Crippen LogP) is 3.20. The number of carboxylic acid groups (broad SMARTS) is 1. The van der Waals surface area contributed by atoms with E-state index >= 15 is 0 Å². The Morgan fingerprint density at radius 2 is 2.47 bits per heavy atom. The van der Waals surface area contributed by atoms with Crippen molar-refractivity contribution >= 4 is 33.2 Å². The molecule has 3 nitrogen and oxygen atoms in total. The zero-order valence-electron chi connectivity index (χ0n) is 9.73. The Kier molecular flexibility index (Phi) is 4.22. The van der Waals surface area contributed by atoms with E-state index in [1.54, 1.807) is 11.3 Å². The molecule has 2 heterocycles. The molecule has 94 valence electrons. The third-order valence-electron chi connectivity index (χ3n) is 3.24. The molecule has 17 heavy (non-hydrogen) atoms. The Labute approximate surface area is 114 Å². The van der Waals surface area contributed by atoms with Gasteiger partial charge in [0, 0.05) is 21.3 Å². The average Bonchev–Trinajstić information content (AvgIpc) is 2.66. The Bertz CT molecular complexity index is 407. The van der Waals surface area contributed by atoms with Gasteiger partial charge in [-0.05, 0) is 47.3 Å². The minimum Gasteiger partial charge on any atom is -0.480 e. The van der Waals surface area contributed by atoms with Crippen LogP contribution < -0.4 is 0 Å². The van der Waals surface area contributed by atoms with Crippen LogP contribution in [0.3, 0.4) is 0 Å². The molecule has 1 aliphatic heterocycles. The number of likely N-dealkylation sites (tertiary alicyclic amines) is 1. The van der Waals surface area contributed by atoms with Gasteiger partial charge in [-0.1, -0.05) is 6.92 Å². The van der Waals surface area contributed by atoms with E-state index < -0.39 is 5.97 Å². The lowest BCUT2D eigenvalue weighted by atomic mass is 9.92. The summed E-state index contributed by atoms with van der Waals surface area (Å²) in [5.74, 6) is -0.172. The molecule has 1 saturated heterocycles. The number of hydrogen-bond acceptors (Lipinski definition) is 3. The largest absolute Gasteiger partial charge is 0.480 e. The molecule has 1 aliphatic rings. The molecule has 2 atom stereocenters. The lowest BCUT2D eigenvalue weighted by molar-refractivity contribution is -0.145. The molecule has 0 saturated carbocycles. The molecule has 2 rings (SSSR count). The molecule has 1 N–H and O–H groups in total. The molecular formula is C12H16BrNO2S. The SMILES string of the molecule is CC1CCN(Cc2cc(Br)cs2)C(C(=O)O)C1. The van der Waals surface area contributed by atoms with Crippen molar-refractivity contribution in [2.75, 3.05) is 6.54 Å². The van der Waals surface area contributed by atoms with Crippen molar-refractivity contribution in [1.29, 1.82) is 0 Å². The maximum atomic E-state index is 11.3. The van der Waals surface area contributed by atoms with Crippen LogP contribution >= 0.6 is 27.3 Å². The third-order valence-corrected chi connectivity index (χ3v) is 4.92. The van der Waals surface area contributed by atoms with Crippen molar-refractivity contribution in [1.82, 2.24) is 4.90 Å². The lowest BCUT2D eigenvalue weighted by Crippen LogP contribution is -2.46. The Balaban J connectivity index is 2.05. The third kappa shape index (κ3) is 3.30. The van der Waals surface area contributed by atoms with E-state index in [9.17, 15) is 9.90 Å². The summed E-state index contributed by atoms with van der Waals surface area (Å²) in [6.45, 7) is 3.77. The van der Waals surface area contributed by atoms with Gasteiger partial charge in [0.15, 0.2) is 0 Å². The van der Waals surface area contributed by atoms with Crippen LogP contribution in [0.5, 0.6) is 0 Å². The molecule has 2 unspecified atom stereocenters. The maximum absolute atomic E-state index is 11.3. The number of rotatable bonds is 3. The second-order valence-electron chi connectivity index (χ2n) is 4.69. The van der Waals surface area contributed by atoms with E-state index in [4.69, 9.17) is 0 Å². The summed E-state index contributed by atoms with van der Waals surface area (Å²) in [5.41, 5.74) is 0. The van der Waals surface area contributed by atoms with Crippen molar-refractivity contribution in [3.05, 3.63) is 20.8 Å². The zero-order valence-corrected chi connectivity index (χ0v) is 12.1. The quantitative estimate of drug-likeness (QED) is 0.930. The summed E-state index contributed by atoms with van der Waals surface area (Å²) < 4.78 is 1.08. The van der Waals surface area contributed by atoms with Gasteiger partial charge in [-0.2, -0.15) is 0 Å². The highest BCUT2D eigenvalue weighted by Gasteiger charge is 2.31. The summed E-state index contributed by atoms with van der Waals surface area (Å²) in [4.78, 5) is 14.6. The Hall–Kier alpha value is -0.390. The molecule has 0 amide bonds. The Morgan fingerprint density at radius 1 is 1.71 bits per heavy atom. The van der Waals surface area contributed by atoms with Gasteiger partial charge in [0.25, 0.3) is 0 Å². The van der Waals surface area contributed by atoms with Crippen molar-refractivity contribution in [2.24, 2.45) is 5.92 Å². The van der Waals surface area contributed by atoms with Gasteiger partial charge in [-0.25, -0.2) is 0 Å². The van der Waals surface area contributed by atoms with Crippen molar-refractivity contribution < 1.29 is 9.90 Å². The first-order chi connectivity index (χ1) is 8.06. The van der Waals surface area contributed by atoms with Crippen molar-refractivity contribution in [2.45, 2.75) is 32.4 Å². The Morgan fingerprint density at radius 3 is 3.06 bits per heavy atom. The molecule has 0 aromatic carbocycles. The maximum Gasteiger partial charge on any atom is 0.320 e. The van der Waals surface area contributed by atoms with Gasteiger partial charge in [0.05, 0.1) is 0 Å². The molecule has 0 spiro atoms. The molecular weight excluding hydrogens is 302 g/mol. The van der Waals surface area contributed by atoms with E-state index in [-0.39, 0.29) is 6.04 Å². The number of hydrogen-bond donors (Lipinski definition) is 1. The fourth-order valence-electron chi connectivity index (χ4n) is 2.27. The molecule has 1 aromatic heterocycles. The number of thiophene rings is 1. The van der Waals surface area contributed by atoms with Crippen LogP contribution in [0, 0.1) is 5.92 Å². The minimum atomic E-state index is -0.688. The molecule has 0 aliphatic carbocycles. The van der Waals surface area contributed by atoms with Gasteiger partial charge in [-0.3, -0.25) is 9.69 Å². The van der Waals surface area contributed by atoms with Crippen LogP contribution in [0.25, 0.3) is 0 Å². The van der Waals surface area contributed by atoms with Crippen LogP contribution in [-0.2, 0) is 11.3 Å². The number of nitrogens with zero attached hydrogens (tertiary/aromatic N) is 1. The highest BCUT2D eigenvalue weighted by molar-refractivity contribution is 9.10. The topological polar surface area (TPSA) is 40.5 Å². The van der Waals surface area contributed by atoms with E-state index in [0.717, 1.165) is 30.4 Å².